The SMILES string of the molecule is N#CCCN(CC(=O)N1CCN(C(c2ccccc2)c2ccccc2)CC1)Cc1ccco1. The lowest BCUT2D eigenvalue weighted by Crippen LogP contribution is -2.52. The molecule has 2 aromatic carbocycles. The fraction of sp³-hybridized carbons (Fsp3) is 0.333. The van der Waals surface area contributed by atoms with Crippen LogP contribution in [0.2, 0.25) is 0 Å². The molecule has 1 aliphatic heterocycles. The molecule has 0 atom stereocenters. The maximum absolute atomic E-state index is 13.1. The molecule has 3 aromatic rings. The molecule has 6 heteroatoms. The van der Waals surface area contributed by atoms with Crippen molar-refractivity contribution in [1.82, 2.24) is 14.7 Å². The van der Waals surface area contributed by atoms with Gasteiger partial charge in [0, 0.05) is 39.1 Å². The summed E-state index contributed by atoms with van der Waals surface area (Å²) in [7, 11) is 0. The van der Waals surface area contributed by atoms with Crippen molar-refractivity contribution in [1.29, 1.82) is 5.26 Å². The van der Waals surface area contributed by atoms with Gasteiger partial charge in [0.1, 0.15) is 5.76 Å². The Hall–Kier alpha value is -3.40. The lowest BCUT2D eigenvalue weighted by Gasteiger charge is -2.40. The number of rotatable bonds is 9. The molecule has 6 nitrogen and oxygen atoms in total. The first-order valence-electron chi connectivity index (χ1n) is 11.5. The van der Waals surface area contributed by atoms with E-state index in [0.717, 1.165) is 18.8 Å². The van der Waals surface area contributed by atoms with Gasteiger partial charge >= 0.3 is 0 Å². The van der Waals surface area contributed by atoms with Gasteiger partial charge in [0.25, 0.3) is 0 Å². The molecule has 0 bridgehead atoms. The Morgan fingerprint density at radius 3 is 2.12 bits per heavy atom. The van der Waals surface area contributed by atoms with Crippen molar-refractivity contribution in [3.8, 4) is 6.07 Å². The summed E-state index contributed by atoms with van der Waals surface area (Å²) in [6.45, 7) is 4.40. The first-order valence-corrected chi connectivity index (χ1v) is 11.5. The highest BCUT2D eigenvalue weighted by Crippen LogP contribution is 2.29. The molecule has 170 valence electrons. The van der Waals surface area contributed by atoms with Crippen molar-refractivity contribution in [2.75, 3.05) is 39.3 Å². The number of hydrogen-bond acceptors (Lipinski definition) is 5. The Balaban J connectivity index is 1.39. The minimum absolute atomic E-state index is 0.107. The Morgan fingerprint density at radius 2 is 1.58 bits per heavy atom. The number of hydrogen-bond donors (Lipinski definition) is 0. The number of nitrogens with zero attached hydrogens (tertiary/aromatic N) is 4. The van der Waals surface area contributed by atoms with Crippen LogP contribution in [-0.2, 0) is 11.3 Å². The zero-order valence-corrected chi connectivity index (χ0v) is 18.8. The molecular formula is C27H30N4O2. The van der Waals surface area contributed by atoms with Gasteiger partial charge in [-0.15, -0.1) is 0 Å². The smallest absolute Gasteiger partial charge is 0.236 e. The number of carbonyl (C=O) groups is 1. The molecule has 0 spiro atoms. The second kappa shape index (κ2) is 11.5. The van der Waals surface area contributed by atoms with Gasteiger partial charge in [0.2, 0.25) is 5.91 Å². The van der Waals surface area contributed by atoms with E-state index in [-0.39, 0.29) is 11.9 Å². The van der Waals surface area contributed by atoms with Crippen LogP contribution in [0.3, 0.4) is 0 Å². The molecule has 1 fully saturated rings. The van der Waals surface area contributed by atoms with E-state index in [1.54, 1.807) is 6.26 Å². The molecule has 4 rings (SSSR count). The van der Waals surface area contributed by atoms with Gasteiger partial charge in [-0.05, 0) is 23.3 Å². The zero-order chi connectivity index (χ0) is 22.9. The number of nitriles is 1. The van der Waals surface area contributed by atoms with Crippen LogP contribution in [0, 0.1) is 11.3 Å². The van der Waals surface area contributed by atoms with Crippen molar-refractivity contribution in [2.24, 2.45) is 0 Å². The quantitative estimate of drug-likeness (QED) is 0.502. The highest BCUT2D eigenvalue weighted by atomic mass is 16.3. The fourth-order valence-electron chi connectivity index (χ4n) is 4.45. The van der Waals surface area contributed by atoms with E-state index in [4.69, 9.17) is 9.68 Å². The van der Waals surface area contributed by atoms with Gasteiger partial charge in [-0.2, -0.15) is 5.26 Å². The van der Waals surface area contributed by atoms with Crippen molar-refractivity contribution < 1.29 is 9.21 Å². The number of amides is 1. The van der Waals surface area contributed by atoms with Crippen LogP contribution in [0.4, 0.5) is 0 Å². The summed E-state index contributed by atoms with van der Waals surface area (Å²) in [4.78, 5) is 19.5. The third-order valence-corrected chi connectivity index (χ3v) is 6.12. The molecule has 1 aliphatic rings. The Kier molecular flexibility index (Phi) is 7.91. The first-order chi connectivity index (χ1) is 16.2. The third-order valence-electron chi connectivity index (χ3n) is 6.12. The minimum Gasteiger partial charge on any atom is -0.468 e. The van der Waals surface area contributed by atoms with E-state index < -0.39 is 0 Å². The Bertz CT molecular complexity index is 983. The summed E-state index contributed by atoms with van der Waals surface area (Å²) in [6, 6.07) is 27.2. The molecule has 1 saturated heterocycles. The zero-order valence-electron chi connectivity index (χ0n) is 18.8. The van der Waals surface area contributed by atoms with Gasteiger partial charge in [-0.3, -0.25) is 14.6 Å². The lowest BCUT2D eigenvalue weighted by molar-refractivity contribution is -0.134. The molecule has 0 radical (unpaired) electrons. The Labute approximate surface area is 195 Å². The predicted octanol–water partition coefficient (Wildman–Crippen LogP) is 3.93. The first kappa shape index (κ1) is 22.8. The Morgan fingerprint density at radius 1 is 0.939 bits per heavy atom. The lowest BCUT2D eigenvalue weighted by atomic mass is 9.96. The van der Waals surface area contributed by atoms with Gasteiger partial charge in [-0.1, -0.05) is 60.7 Å². The van der Waals surface area contributed by atoms with Gasteiger partial charge in [-0.25, -0.2) is 0 Å². The van der Waals surface area contributed by atoms with Crippen LogP contribution < -0.4 is 0 Å². The maximum Gasteiger partial charge on any atom is 0.236 e. The molecular weight excluding hydrogens is 412 g/mol. The summed E-state index contributed by atoms with van der Waals surface area (Å²) < 4.78 is 5.44. The van der Waals surface area contributed by atoms with Crippen LogP contribution in [0.5, 0.6) is 0 Å². The van der Waals surface area contributed by atoms with Crippen LogP contribution in [0.15, 0.2) is 83.5 Å². The summed E-state index contributed by atoms with van der Waals surface area (Å²) >= 11 is 0. The van der Waals surface area contributed by atoms with Crippen LogP contribution >= 0.6 is 0 Å². The second-order valence-electron chi connectivity index (χ2n) is 8.34. The number of furan rings is 1. The molecule has 0 saturated carbocycles. The molecule has 1 aromatic heterocycles. The number of benzene rings is 2. The van der Waals surface area contributed by atoms with E-state index in [1.807, 2.05) is 34.1 Å². The van der Waals surface area contributed by atoms with Crippen molar-refractivity contribution in [2.45, 2.75) is 19.0 Å². The summed E-state index contributed by atoms with van der Waals surface area (Å²) in [6.07, 6.45) is 2.02. The summed E-state index contributed by atoms with van der Waals surface area (Å²) in [5.74, 6) is 0.911. The van der Waals surface area contributed by atoms with Crippen molar-refractivity contribution in [3.63, 3.8) is 0 Å². The molecule has 0 aliphatic carbocycles. The standard InChI is InChI=1S/C27H30N4O2/c28-14-8-15-29(21-25-13-7-20-33-25)22-26(32)30-16-18-31(19-17-30)27(23-9-3-1-4-10-23)24-11-5-2-6-12-24/h1-7,9-13,20,27H,8,15-19,21-22H2. The largest absolute Gasteiger partial charge is 0.468 e. The third kappa shape index (κ3) is 6.10. The maximum atomic E-state index is 13.1. The van der Waals surface area contributed by atoms with Crippen LogP contribution in [0.25, 0.3) is 0 Å². The monoisotopic (exact) mass is 442 g/mol. The van der Waals surface area contributed by atoms with E-state index in [1.165, 1.54) is 11.1 Å². The molecule has 1 amide bonds. The fourth-order valence-corrected chi connectivity index (χ4v) is 4.45. The highest BCUT2D eigenvalue weighted by Gasteiger charge is 2.28. The van der Waals surface area contributed by atoms with Crippen molar-refractivity contribution in [3.05, 3.63) is 95.9 Å². The van der Waals surface area contributed by atoms with E-state index >= 15 is 0 Å². The van der Waals surface area contributed by atoms with Gasteiger partial charge in [0.15, 0.2) is 0 Å². The molecule has 33 heavy (non-hydrogen) atoms. The number of carbonyl (C=O) groups excluding carboxylic acids is 1. The van der Waals surface area contributed by atoms with Gasteiger partial charge in [0.05, 0.1) is 31.5 Å². The average molecular weight is 443 g/mol. The summed E-state index contributed by atoms with van der Waals surface area (Å²) in [5, 5.41) is 8.99. The van der Waals surface area contributed by atoms with Crippen LogP contribution in [0.1, 0.15) is 29.3 Å². The van der Waals surface area contributed by atoms with E-state index in [0.29, 0.717) is 39.1 Å². The normalized spacial score (nSPS) is 14.5. The van der Waals surface area contributed by atoms with Gasteiger partial charge < -0.3 is 9.32 Å². The summed E-state index contributed by atoms with van der Waals surface area (Å²) in [5.41, 5.74) is 2.54. The van der Waals surface area contributed by atoms with Crippen molar-refractivity contribution >= 4 is 5.91 Å². The molecule has 0 N–H and O–H groups in total. The highest BCUT2D eigenvalue weighted by molar-refractivity contribution is 5.78. The minimum atomic E-state index is 0.107. The molecule has 0 unspecified atom stereocenters. The van der Waals surface area contributed by atoms with E-state index in [9.17, 15) is 4.79 Å². The average Bonchev–Trinajstić information content (AvgIpc) is 3.37. The second-order valence-corrected chi connectivity index (χ2v) is 8.34. The molecule has 2 heterocycles. The van der Waals surface area contributed by atoms with Crippen LogP contribution in [-0.4, -0.2) is 59.9 Å². The predicted molar refractivity (Wildman–Crippen MR) is 127 cm³/mol. The number of piperazine rings is 1. The van der Waals surface area contributed by atoms with E-state index in [2.05, 4.69) is 59.5 Å². The topological polar surface area (TPSA) is 63.7 Å².